The van der Waals surface area contributed by atoms with Crippen molar-refractivity contribution in [1.82, 2.24) is 0 Å². The van der Waals surface area contributed by atoms with E-state index in [2.05, 4.69) is 70.2 Å². The second kappa shape index (κ2) is 5.63. The van der Waals surface area contributed by atoms with E-state index in [-0.39, 0.29) is 18.3 Å². The molecule has 3 nitrogen and oxygen atoms in total. The molecule has 5 heteroatoms. The Labute approximate surface area is 173 Å². The summed E-state index contributed by atoms with van der Waals surface area (Å²) in [6, 6.07) is 18.9. The number of para-hydroxylation sites is 1. The van der Waals surface area contributed by atoms with Gasteiger partial charge < -0.3 is 13.7 Å². The summed E-state index contributed by atoms with van der Waals surface area (Å²) in [6.07, 6.45) is 0. The molecule has 0 saturated carbocycles. The molecule has 144 valence electrons. The van der Waals surface area contributed by atoms with Gasteiger partial charge in [0.15, 0.2) is 0 Å². The zero-order chi connectivity index (χ0) is 20.0. The van der Waals surface area contributed by atoms with E-state index < -0.39 is 0 Å². The fraction of sp³-hybridized carbons (Fsp3) is 0.250. The molecule has 0 bridgehead atoms. The molecule has 1 aliphatic heterocycles. The molecule has 5 aromatic rings. The van der Waals surface area contributed by atoms with Crippen LogP contribution in [-0.2, 0) is 9.31 Å². The van der Waals surface area contributed by atoms with Crippen molar-refractivity contribution in [2.45, 2.75) is 38.9 Å². The second-order valence-electron chi connectivity index (χ2n) is 8.82. The molecular weight excluding hydrogens is 379 g/mol. The highest BCUT2D eigenvalue weighted by molar-refractivity contribution is 7.27. The van der Waals surface area contributed by atoms with Crippen molar-refractivity contribution in [2.75, 3.05) is 0 Å². The molecule has 2 aromatic heterocycles. The smallest absolute Gasteiger partial charge is 0.456 e. The van der Waals surface area contributed by atoms with Crippen molar-refractivity contribution in [3.05, 3.63) is 54.6 Å². The van der Waals surface area contributed by atoms with Crippen LogP contribution in [0.1, 0.15) is 27.7 Å². The summed E-state index contributed by atoms with van der Waals surface area (Å²) in [5, 5.41) is 4.81. The predicted molar refractivity (Wildman–Crippen MR) is 122 cm³/mol. The average Bonchev–Trinajstić information content (AvgIpc) is 3.30. The maximum Gasteiger partial charge on any atom is 0.495 e. The Bertz CT molecular complexity index is 1410. The van der Waals surface area contributed by atoms with Crippen LogP contribution in [-0.4, -0.2) is 18.3 Å². The molecule has 1 saturated heterocycles. The third-order valence-corrected chi connectivity index (χ3v) is 7.73. The number of hydrogen-bond acceptors (Lipinski definition) is 4. The van der Waals surface area contributed by atoms with Gasteiger partial charge in [-0.2, -0.15) is 0 Å². The van der Waals surface area contributed by atoms with E-state index >= 15 is 0 Å². The summed E-state index contributed by atoms with van der Waals surface area (Å²) in [7, 11) is -0.377. The van der Waals surface area contributed by atoms with Crippen molar-refractivity contribution in [2.24, 2.45) is 0 Å². The molecule has 1 aliphatic rings. The first kappa shape index (κ1) is 17.5. The van der Waals surface area contributed by atoms with Crippen LogP contribution in [0.25, 0.3) is 42.1 Å². The van der Waals surface area contributed by atoms with Crippen LogP contribution in [0.3, 0.4) is 0 Å². The highest BCUT2D eigenvalue weighted by Gasteiger charge is 2.52. The Morgan fingerprint density at radius 3 is 2.28 bits per heavy atom. The lowest BCUT2D eigenvalue weighted by Gasteiger charge is -2.32. The van der Waals surface area contributed by atoms with Crippen molar-refractivity contribution < 1.29 is 13.7 Å². The third kappa shape index (κ3) is 2.32. The molecule has 0 N–H and O–H groups in total. The molecule has 0 atom stereocenters. The minimum Gasteiger partial charge on any atom is -0.456 e. The Morgan fingerprint density at radius 1 is 0.724 bits per heavy atom. The molecule has 0 spiro atoms. The first-order valence-electron chi connectivity index (χ1n) is 9.97. The summed E-state index contributed by atoms with van der Waals surface area (Å²) in [5.41, 5.74) is 2.24. The fourth-order valence-electron chi connectivity index (χ4n) is 4.29. The number of fused-ring (bicyclic) bond motifs is 7. The molecule has 0 radical (unpaired) electrons. The van der Waals surface area contributed by atoms with Gasteiger partial charge in [-0.25, -0.2) is 0 Å². The van der Waals surface area contributed by atoms with Gasteiger partial charge in [0.25, 0.3) is 0 Å². The minimum atomic E-state index is -0.377. The van der Waals surface area contributed by atoms with Crippen molar-refractivity contribution in [3.63, 3.8) is 0 Å². The van der Waals surface area contributed by atoms with Gasteiger partial charge in [-0.3, -0.25) is 0 Å². The van der Waals surface area contributed by atoms with Crippen LogP contribution in [0.5, 0.6) is 0 Å². The summed E-state index contributed by atoms with van der Waals surface area (Å²) in [5.74, 6) is 0. The summed E-state index contributed by atoms with van der Waals surface area (Å²) < 4.78 is 21.4. The topological polar surface area (TPSA) is 31.6 Å². The lowest BCUT2D eigenvalue weighted by molar-refractivity contribution is 0.00578. The Hall–Kier alpha value is -2.34. The normalized spacial score (nSPS) is 18.6. The SMILES string of the molecule is CC1(C)OB(c2cccc3sc4c(ccc5oc6ccccc6c54)c23)OC1(C)C. The number of benzene rings is 3. The van der Waals surface area contributed by atoms with E-state index in [1.54, 1.807) is 0 Å². The van der Waals surface area contributed by atoms with Crippen LogP contribution in [0, 0.1) is 0 Å². The van der Waals surface area contributed by atoms with E-state index in [4.69, 9.17) is 13.7 Å². The molecule has 3 aromatic carbocycles. The Balaban J connectivity index is 1.67. The molecule has 29 heavy (non-hydrogen) atoms. The van der Waals surface area contributed by atoms with Crippen LogP contribution in [0.4, 0.5) is 0 Å². The van der Waals surface area contributed by atoms with Gasteiger partial charge in [0.1, 0.15) is 11.2 Å². The molecule has 3 heterocycles. The minimum absolute atomic E-state index is 0.361. The summed E-state index contributed by atoms with van der Waals surface area (Å²) in [4.78, 5) is 0. The highest BCUT2D eigenvalue weighted by atomic mass is 32.1. The van der Waals surface area contributed by atoms with E-state index in [0.29, 0.717) is 0 Å². The molecule has 1 fully saturated rings. The Morgan fingerprint density at radius 2 is 1.48 bits per heavy atom. The molecule has 6 rings (SSSR count). The molecular formula is C24H21BO3S. The van der Waals surface area contributed by atoms with Crippen LogP contribution < -0.4 is 5.46 Å². The number of hydrogen-bond donors (Lipinski definition) is 0. The quantitative estimate of drug-likeness (QED) is 0.312. The van der Waals surface area contributed by atoms with Gasteiger partial charge in [-0.05, 0) is 57.4 Å². The lowest BCUT2D eigenvalue weighted by atomic mass is 9.76. The standard InChI is InChI=1S/C24H21BO3S/c1-23(2)24(3,4)28-25(27-23)16-9-7-11-19-20(16)15-12-13-18-21(22(15)29-19)14-8-5-6-10-17(14)26-18/h5-13H,1-4H3. The summed E-state index contributed by atoms with van der Waals surface area (Å²) >= 11 is 1.81. The van der Waals surface area contributed by atoms with Gasteiger partial charge >= 0.3 is 7.12 Å². The zero-order valence-corrected chi connectivity index (χ0v) is 17.7. The summed E-state index contributed by atoms with van der Waals surface area (Å²) in [6.45, 7) is 8.39. The van der Waals surface area contributed by atoms with E-state index in [9.17, 15) is 0 Å². The van der Waals surface area contributed by atoms with Crippen molar-refractivity contribution in [1.29, 1.82) is 0 Å². The average molecular weight is 400 g/mol. The van der Waals surface area contributed by atoms with Crippen molar-refractivity contribution >= 4 is 66.0 Å². The van der Waals surface area contributed by atoms with Crippen LogP contribution >= 0.6 is 11.3 Å². The first-order valence-corrected chi connectivity index (χ1v) is 10.8. The van der Waals surface area contributed by atoms with Gasteiger partial charge in [-0.1, -0.05) is 30.3 Å². The van der Waals surface area contributed by atoms with E-state index in [0.717, 1.165) is 22.0 Å². The first-order chi connectivity index (χ1) is 13.9. The predicted octanol–water partition coefficient (Wildman–Crippen LogP) is 6.25. The van der Waals surface area contributed by atoms with E-state index in [1.807, 2.05) is 23.5 Å². The zero-order valence-electron chi connectivity index (χ0n) is 16.9. The van der Waals surface area contributed by atoms with E-state index in [1.165, 1.54) is 25.6 Å². The van der Waals surface area contributed by atoms with Crippen LogP contribution in [0.15, 0.2) is 59.0 Å². The number of thiophene rings is 1. The van der Waals surface area contributed by atoms with Crippen molar-refractivity contribution in [3.8, 4) is 0 Å². The molecule has 0 unspecified atom stereocenters. The monoisotopic (exact) mass is 400 g/mol. The Kier molecular flexibility index (Phi) is 3.40. The third-order valence-electron chi connectivity index (χ3n) is 6.54. The van der Waals surface area contributed by atoms with Gasteiger partial charge in [0.2, 0.25) is 0 Å². The largest absolute Gasteiger partial charge is 0.495 e. The molecule has 0 aliphatic carbocycles. The maximum absolute atomic E-state index is 6.38. The van der Waals surface area contributed by atoms with Gasteiger partial charge in [-0.15, -0.1) is 11.3 Å². The maximum atomic E-state index is 6.38. The fourth-order valence-corrected chi connectivity index (χ4v) is 5.58. The number of rotatable bonds is 1. The second-order valence-corrected chi connectivity index (χ2v) is 9.88. The highest BCUT2D eigenvalue weighted by Crippen LogP contribution is 2.43. The van der Waals surface area contributed by atoms with Gasteiger partial charge in [0, 0.05) is 30.9 Å². The number of furan rings is 1. The van der Waals surface area contributed by atoms with Crippen LogP contribution in [0.2, 0.25) is 0 Å². The van der Waals surface area contributed by atoms with Gasteiger partial charge in [0.05, 0.1) is 11.2 Å². The lowest BCUT2D eigenvalue weighted by Crippen LogP contribution is -2.41. The molecule has 0 amide bonds.